The Morgan fingerprint density at radius 3 is 2.67 bits per heavy atom. The lowest BCUT2D eigenvalue weighted by Gasteiger charge is -2.23. The molecule has 3 N–H and O–H groups in total. The number of rotatable bonds is 5. The highest BCUT2D eigenvalue weighted by Crippen LogP contribution is 2.12. The van der Waals surface area contributed by atoms with Crippen molar-refractivity contribution in [2.24, 2.45) is 16.8 Å². The van der Waals surface area contributed by atoms with Gasteiger partial charge in [-0.1, -0.05) is 19.0 Å². The van der Waals surface area contributed by atoms with Crippen molar-refractivity contribution in [1.29, 1.82) is 0 Å². The Balaban J connectivity index is 3.11. The topological polar surface area (TPSA) is 87.6 Å². The second-order valence-electron chi connectivity index (χ2n) is 4.61. The summed E-state index contributed by atoms with van der Waals surface area (Å²) in [5.74, 6) is 1.14. The van der Waals surface area contributed by atoms with E-state index in [0.717, 1.165) is 18.8 Å². The summed E-state index contributed by atoms with van der Waals surface area (Å²) < 4.78 is 0. The predicted octanol–water partition coefficient (Wildman–Crippen LogP) is 1.36. The van der Waals surface area contributed by atoms with E-state index in [-0.39, 0.29) is 5.84 Å². The zero-order chi connectivity index (χ0) is 13.7. The van der Waals surface area contributed by atoms with Crippen molar-refractivity contribution in [2.45, 2.75) is 27.7 Å². The van der Waals surface area contributed by atoms with Gasteiger partial charge in [0.05, 0.1) is 0 Å². The minimum Gasteiger partial charge on any atom is -0.409 e. The summed E-state index contributed by atoms with van der Waals surface area (Å²) in [6.07, 6.45) is 0. The lowest BCUT2D eigenvalue weighted by molar-refractivity contribution is 0.318. The van der Waals surface area contributed by atoms with Gasteiger partial charge in [-0.3, -0.25) is 0 Å². The molecule has 1 aromatic heterocycles. The van der Waals surface area contributed by atoms with Crippen LogP contribution < -0.4 is 10.6 Å². The highest BCUT2D eigenvalue weighted by atomic mass is 16.4. The molecular formula is C12H21N5O. The minimum absolute atomic E-state index is 0.00218. The Morgan fingerprint density at radius 1 is 1.50 bits per heavy atom. The van der Waals surface area contributed by atoms with Crippen LogP contribution in [0.2, 0.25) is 0 Å². The maximum Gasteiger partial charge on any atom is 0.226 e. The molecule has 100 valence electrons. The number of aromatic nitrogens is 2. The monoisotopic (exact) mass is 251 g/mol. The Hall–Kier alpha value is -1.85. The minimum atomic E-state index is 0.00218. The van der Waals surface area contributed by atoms with Gasteiger partial charge in [0.2, 0.25) is 5.95 Å². The largest absolute Gasteiger partial charge is 0.409 e. The first kappa shape index (κ1) is 14.2. The van der Waals surface area contributed by atoms with Gasteiger partial charge in [0, 0.05) is 18.8 Å². The molecule has 1 rings (SSSR count). The van der Waals surface area contributed by atoms with Crippen molar-refractivity contribution in [3.05, 3.63) is 17.5 Å². The molecule has 0 amide bonds. The number of aryl methyl sites for hydroxylation is 1. The number of oxime groups is 1. The molecule has 1 aromatic rings. The number of nitrogens with zero attached hydrogens (tertiary/aromatic N) is 4. The summed E-state index contributed by atoms with van der Waals surface area (Å²) in [4.78, 5) is 10.8. The second kappa shape index (κ2) is 6.18. The number of hydrogen-bond donors (Lipinski definition) is 2. The Bertz CT molecular complexity index is 430. The SMILES string of the molecule is CCN(CC(C)C)c1nc(C)cc(/C(N)=N/O)n1. The van der Waals surface area contributed by atoms with Gasteiger partial charge >= 0.3 is 0 Å². The van der Waals surface area contributed by atoms with Crippen molar-refractivity contribution in [2.75, 3.05) is 18.0 Å². The number of amidine groups is 1. The van der Waals surface area contributed by atoms with Crippen LogP contribution in [0.3, 0.4) is 0 Å². The third kappa shape index (κ3) is 3.58. The summed E-state index contributed by atoms with van der Waals surface area (Å²) in [5.41, 5.74) is 6.81. The molecule has 0 atom stereocenters. The van der Waals surface area contributed by atoms with E-state index in [1.54, 1.807) is 6.07 Å². The number of hydrogen-bond acceptors (Lipinski definition) is 5. The Labute approximate surface area is 108 Å². The van der Waals surface area contributed by atoms with Crippen LogP contribution >= 0.6 is 0 Å². The first-order chi connectivity index (χ1) is 8.47. The van der Waals surface area contributed by atoms with E-state index in [1.165, 1.54) is 0 Å². The summed E-state index contributed by atoms with van der Waals surface area (Å²) in [5, 5.41) is 11.7. The van der Waals surface area contributed by atoms with Crippen LogP contribution in [-0.4, -0.2) is 34.1 Å². The zero-order valence-corrected chi connectivity index (χ0v) is 11.4. The molecule has 18 heavy (non-hydrogen) atoms. The van der Waals surface area contributed by atoms with Gasteiger partial charge in [-0.2, -0.15) is 0 Å². The molecule has 0 fully saturated rings. The van der Waals surface area contributed by atoms with Crippen LogP contribution in [0, 0.1) is 12.8 Å². The average Bonchev–Trinajstić information content (AvgIpc) is 2.33. The van der Waals surface area contributed by atoms with Gasteiger partial charge < -0.3 is 15.8 Å². The first-order valence-electron chi connectivity index (χ1n) is 6.06. The van der Waals surface area contributed by atoms with Gasteiger partial charge in [0.25, 0.3) is 0 Å². The van der Waals surface area contributed by atoms with Gasteiger partial charge in [-0.15, -0.1) is 0 Å². The maximum absolute atomic E-state index is 8.70. The molecule has 1 heterocycles. The lowest BCUT2D eigenvalue weighted by atomic mass is 10.2. The van der Waals surface area contributed by atoms with Crippen molar-refractivity contribution in [3.8, 4) is 0 Å². The van der Waals surface area contributed by atoms with Crippen LogP contribution in [0.25, 0.3) is 0 Å². The van der Waals surface area contributed by atoms with Crippen LogP contribution in [-0.2, 0) is 0 Å². The molecule has 0 saturated heterocycles. The zero-order valence-electron chi connectivity index (χ0n) is 11.4. The highest BCUT2D eigenvalue weighted by Gasteiger charge is 2.12. The van der Waals surface area contributed by atoms with Crippen molar-refractivity contribution >= 4 is 11.8 Å². The average molecular weight is 251 g/mol. The maximum atomic E-state index is 8.70. The smallest absolute Gasteiger partial charge is 0.226 e. The molecule has 0 saturated carbocycles. The predicted molar refractivity (Wildman–Crippen MR) is 72.0 cm³/mol. The lowest BCUT2D eigenvalue weighted by Crippen LogP contribution is -2.30. The third-order valence-electron chi connectivity index (χ3n) is 2.46. The molecule has 0 aliphatic carbocycles. The molecule has 0 spiro atoms. The fourth-order valence-electron chi connectivity index (χ4n) is 1.67. The quantitative estimate of drug-likeness (QED) is 0.357. The van der Waals surface area contributed by atoms with Crippen LogP contribution in [0.15, 0.2) is 11.2 Å². The van der Waals surface area contributed by atoms with E-state index in [9.17, 15) is 0 Å². The standard InChI is InChI=1S/C12H21N5O/c1-5-17(7-8(2)3)12-14-9(4)6-10(15-12)11(13)16-18/h6,8,18H,5,7H2,1-4H3,(H2,13,16). The number of nitrogens with two attached hydrogens (primary N) is 1. The highest BCUT2D eigenvalue weighted by molar-refractivity contribution is 5.95. The van der Waals surface area contributed by atoms with Gasteiger partial charge in [-0.25, -0.2) is 9.97 Å². The van der Waals surface area contributed by atoms with E-state index >= 15 is 0 Å². The molecular weight excluding hydrogens is 230 g/mol. The van der Waals surface area contributed by atoms with E-state index in [4.69, 9.17) is 10.9 Å². The molecule has 0 aromatic carbocycles. The molecule has 0 aliphatic heterocycles. The Morgan fingerprint density at radius 2 is 2.17 bits per heavy atom. The second-order valence-corrected chi connectivity index (χ2v) is 4.61. The summed E-state index contributed by atoms with van der Waals surface area (Å²) in [7, 11) is 0. The van der Waals surface area contributed by atoms with E-state index in [0.29, 0.717) is 17.6 Å². The fraction of sp³-hybridized carbons (Fsp3) is 0.583. The van der Waals surface area contributed by atoms with Crippen LogP contribution in [0.1, 0.15) is 32.2 Å². The Kier molecular flexibility index (Phi) is 4.88. The van der Waals surface area contributed by atoms with Crippen LogP contribution in [0.4, 0.5) is 5.95 Å². The molecule has 6 heteroatoms. The molecule has 0 radical (unpaired) electrons. The van der Waals surface area contributed by atoms with Crippen molar-refractivity contribution in [1.82, 2.24) is 9.97 Å². The van der Waals surface area contributed by atoms with E-state index in [2.05, 4.69) is 40.8 Å². The fourth-order valence-corrected chi connectivity index (χ4v) is 1.67. The van der Waals surface area contributed by atoms with Crippen molar-refractivity contribution < 1.29 is 5.21 Å². The van der Waals surface area contributed by atoms with Gasteiger partial charge in [0.15, 0.2) is 5.84 Å². The first-order valence-corrected chi connectivity index (χ1v) is 6.06. The van der Waals surface area contributed by atoms with E-state index in [1.807, 2.05) is 6.92 Å². The number of anilines is 1. The summed E-state index contributed by atoms with van der Waals surface area (Å²) in [6.45, 7) is 9.89. The van der Waals surface area contributed by atoms with Gasteiger partial charge in [0.1, 0.15) is 5.69 Å². The van der Waals surface area contributed by atoms with E-state index < -0.39 is 0 Å². The molecule has 0 unspecified atom stereocenters. The molecule has 0 aliphatic rings. The molecule has 6 nitrogen and oxygen atoms in total. The normalized spacial score (nSPS) is 11.9. The van der Waals surface area contributed by atoms with Crippen LogP contribution in [0.5, 0.6) is 0 Å². The summed E-state index contributed by atoms with van der Waals surface area (Å²) in [6, 6.07) is 1.70. The van der Waals surface area contributed by atoms with Gasteiger partial charge in [-0.05, 0) is 25.8 Å². The van der Waals surface area contributed by atoms with Crippen molar-refractivity contribution in [3.63, 3.8) is 0 Å². The third-order valence-corrected chi connectivity index (χ3v) is 2.46. The molecule has 0 bridgehead atoms. The summed E-state index contributed by atoms with van der Waals surface area (Å²) >= 11 is 0.